The van der Waals surface area contributed by atoms with Crippen molar-refractivity contribution in [1.29, 1.82) is 0 Å². The number of amides is 1. The van der Waals surface area contributed by atoms with Crippen LogP contribution in [0, 0.1) is 0 Å². The molecule has 1 fully saturated rings. The second-order valence-corrected chi connectivity index (χ2v) is 7.73. The number of hydrogen-bond donors (Lipinski definition) is 1. The van der Waals surface area contributed by atoms with Crippen LogP contribution in [0.2, 0.25) is 0 Å². The number of halogens is 3. The second-order valence-electron chi connectivity index (χ2n) is 6.82. The van der Waals surface area contributed by atoms with Gasteiger partial charge in [0.1, 0.15) is 18.5 Å². The first-order valence-electron chi connectivity index (χ1n) is 9.56. The van der Waals surface area contributed by atoms with Crippen LogP contribution in [0.1, 0.15) is 31.8 Å². The van der Waals surface area contributed by atoms with Crippen LogP contribution >= 0.6 is 15.9 Å². The van der Waals surface area contributed by atoms with E-state index >= 15 is 0 Å². The molecule has 1 aromatic heterocycles. The highest BCUT2D eigenvalue weighted by atomic mass is 79.9. The van der Waals surface area contributed by atoms with E-state index in [4.69, 9.17) is 18.6 Å². The number of carbonyl (C=O) groups excluding carboxylic acids is 1. The second kappa shape index (κ2) is 10.8. The van der Waals surface area contributed by atoms with Crippen molar-refractivity contribution in [3.63, 3.8) is 0 Å². The number of carbonyl (C=O) groups is 1. The van der Waals surface area contributed by atoms with Gasteiger partial charge in [-0.1, -0.05) is 21.0 Å². The maximum Gasteiger partial charge on any atom is 0.414 e. The lowest BCUT2D eigenvalue weighted by molar-refractivity contribution is -0.226. The highest BCUT2D eigenvalue weighted by Crippen LogP contribution is 2.28. The van der Waals surface area contributed by atoms with Crippen LogP contribution in [0.15, 0.2) is 33.2 Å². The molecule has 0 unspecified atom stereocenters. The number of nitrogens with one attached hydrogen (secondary N) is 1. The van der Waals surface area contributed by atoms with Gasteiger partial charge in [-0.3, -0.25) is 4.79 Å². The first-order valence-corrected chi connectivity index (χ1v) is 10.3. The van der Waals surface area contributed by atoms with Crippen LogP contribution in [-0.4, -0.2) is 54.7 Å². The molecule has 1 aliphatic rings. The Balaban J connectivity index is 1.35. The topological polar surface area (TPSA) is 105 Å². The third-order valence-electron chi connectivity index (χ3n) is 4.19. The van der Waals surface area contributed by atoms with Crippen molar-refractivity contribution in [2.24, 2.45) is 0 Å². The minimum absolute atomic E-state index is 0.0976. The van der Waals surface area contributed by atoms with Gasteiger partial charge in [-0.25, -0.2) is 0 Å². The van der Waals surface area contributed by atoms with Gasteiger partial charge in [-0.2, -0.15) is 8.78 Å². The minimum Gasteiger partial charge on any atom is -0.484 e. The Morgan fingerprint density at radius 1 is 1.23 bits per heavy atom. The molecular formula is C19H22BrF2N3O6. The highest BCUT2D eigenvalue weighted by molar-refractivity contribution is 9.10. The standard InChI is InChI=1S/C19H22BrF2N3O6/c1-19(21,22)30-9-8-27-18-25-24-17(31-18)15-7-4-13(10-29-15)23-16(26)11-28-14-5-2-12(20)3-6-14/h2-3,5-6,13,15H,4,7-11H2,1H3,(H,23,26)/t13-,15+/m1/s1. The number of benzene rings is 1. The summed E-state index contributed by atoms with van der Waals surface area (Å²) >= 11 is 3.33. The SMILES string of the molecule is CC(F)(F)OCCOc1nnc([C@@H]2CC[C@@H](NC(=O)COc3ccc(Br)cc3)CO2)o1. The Kier molecular flexibility index (Phi) is 8.15. The van der Waals surface area contributed by atoms with E-state index in [0.717, 1.165) is 4.47 Å². The smallest absolute Gasteiger partial charge is 0.414 e. The Hall–Kier alpha value is -2.31. The van der Waals surface area contributed by atoms with E-state index < -0.39 is 12.2 Å². The van der Waals surface area contributed by atoms with Gasteiger partial charge in [-0.15, -0.1) is 5.10 Å². The zero-order chi connectivity index (χ0) is 22.3. The molecule has 1 aliphatic heterocycles. The lowest BCUT2D eigenvalue weighted by Gasteiger charge is -2.27. The molecular weight excluding hydrogens is 484 g/mol. The van der Waals surface area contributed by atoms with Gasteiger partial charge in [0.15, 0.2) is 6.61 Å². The first kappa shape index (κ1) is 23.4. The van der Waals surface area contributed by atoms with Crippen LogP contribution in [0.3, 0.4) is 0 Å². The van der Waals surface area contributed by atoms with E-state index in [0.29, 0.717) is 25.5 Å². The van der Waals surface area contributed by atoms with Crippen molar-refractivity contribution >= 4 is 21.8 Å². The highest BCUT2D eigenvalue weighted by Gasteiger charge is 2.28. The van der Waals surface area contributed by atoms with Crippen molar-refractivity contribution < 1.29 is 36.9 Å². The summed E-state index contributed by atoms with van der Waals surface area (Å²) in [7, 11) is 0. The summed E-state index contributed by atoms with van der Waals surface area (Å²) in [4.78, 5) is 12.1. The maximum atomic E-state index is 12.6. The van der Waals surface area contributed by atoms with Gasteiger partial charge in [0, 0.05) is 11.4 Å². The fourth-order valence-electron chi connectivity index (χ4n) is 2.77. The van der Waals surface area contributed by atoms with Crippen molar-refractivity contribution in [3.8, 4) is 11.8 Å². The van der Waals surface area contributed by atoms with Crippen molar-refractivity contribution in [1.82, 2.24) is 15.5 Å². The fourth-order valence-corrected chi connectivity index (χ4v) is 3.03. The largest absolute Gasteiger partial charge is 0.484 e. The molecule has 0 aliphatic carbocycles. The average Bonchev–Trinajstić information content (AvgIpc) is 3.20. The quantitative estimate of drug-likeness (QED) is 0.490. The molecule has 2 atom stereocenters. The van der Waals surface area contributed by atoms with Gasteiger partial charge >= 0.3 is 12.2 Å². The number of hydrogen-bond acceptors (Lipinski definition) is 8. The summed E-state index contributed by atoms with van der Waals surface area (Å²) in [6, 6.07) is 7.02. The molecule has 1 amide bonds. The summed E-state index contributed by atoms with van der Waals surface area (Å²) < 4.78 is 51.9. The molecule has 2 aromatic rings. The lowest BCUT2D eigenvalue weighted by atomic mass is 10.1. The lowest BCUT2D eigenvalue weighted by Crippen LogP contribution is -2.43. The third-order valence-corrected chi connectivity index (χ3v) is 4.72. The molecule has 1 saturated heterocycles. The van der Waals surface area contributed by atoms with Crippen LogP contribution in [-0.2, 0) is 14.3 Å². The van der Waals surface area contributed by atoms with Crippen molar-refractivity contribution in [2.75, 3.05) is 26.4 Å². The number of ether oxygens (including phenoxy) is 4. The van der Waals surface area contributed by atoms with E-state index in [2.05, 4.69) is 36.2 Å². The monoisotopic (exact) mass is 505 g/mol. The van der Waals surface area contributed by atoms with Crippen molar-refractivity contribution in [2.45, 2.75) is 38.0 Å². The first-order chi connectivity index (χ1) is 14.8. The van der Waals surface area contributed by atoms with Crippen molar-refractivity contribution in [3.05, 3.63) is 34.6 Å². The Morgan fingerprint density at radius 3 is 2.68 bits per heavy atom. The van der Waals surface area contributed by atoms with Crippen LogP contribution < -0.4 is 14.8 Å². The Bertz CT molecular complexity index is 838. The summed E-state index contributed by atoms with van der Waals surface area (Å²) in [5, 5.41) is 10.4. The predicted octanol–water partition coefficient (Wildman–Crippen LogP) is 3.26. The molecule has 1 aromatic carbocycles. The number of rotatable bonds is 10. The van der Waals surface area contributed by atoms with E-state index in [1.807, 2.05) is 12.1 Å². The zero-order valence-electron chi connectivity index (χ0n) is 16.7. The summed E-state index contributed by atoms with van der Waals surface area (Å²) in [5.41, 5.74) is 0. The zero-order valence-corrected chi connectivity index (χ0v) is 18.3. The molecule has 0 radical (unpaired) electrons. The van der Waals surface area contributed by atoms with E-state index in [1.165, 1.54) is 0 Å². The number of nitrogens with zero attached hydrogens (tertiary/aromatic N) is 2. The molecule has 9 nitrogen and oxygen atoms in total. The van der Waals surface area contributed by atoms with E-state index in [9.17, 15) is 13.6 Å². The van der Waals surface area contributed by atoms with E-state index in [1.54, 1.807) is 12.1 Å². The Labute approximate surface area is 185 Å². The number of alkyl halides is 2. The van der Waals surface area contributed by atoms with Crippen LogP contribution in [0.4, 0.5) is 8.78 Å². The van der Waals surface area contributed by atoms with Gasteiger partial charge in [0.25, 0.3) is 5.91 Å². The molecule has 170 valence electrons. The summed E-state index contributed by atoms with van der Waals surface area (Å²) in [6.45, 7) is 0.330. The Morgan fingerprint density at radius 2 is 2.00 bits per heavy atom. The molecule has 2 heterocycles. The molecule has 12 heteroatoms. The average molecular weight is 506 g/mol. The van der Waals surface area contributed by atoms with Crippen LogP contribution in [0.5, 0.6) is 11.8 Å². The molecule has 0 bridgehead atoms. The van der Waals surface area contributed by atoms with Gasteiger partial charge in [0.2, 0.25) is 5.89 Å². The third kappa shape index (κ3) is 8.04. The summed E-state index contributed by atoms with van der Waals surface area (Å²) in [6.07, 6.45) is -2.62. The van der Waals surface area contributed by atoms with Gasteiger partial charge < -0.3 is 28.7 Å². The maximum absolute atomic E-state index is 12.6. The van der Waals surface area contributed by atoms with E-state index in [-0.39, 0.29) is 50.3 Å². The molecule has 0 spiro atoms. The summed E-state index contributed by atoms with van der Waals surface area (Å²) in [5.74, 6) is 0.575. The van der Waals surface area contributed by atoms with Crippen LogP contribution in [0.25, 0.3) is 0 Å². The van der Waals surface area contributed by atoms with Gasteiger partial charge in [-0.05, 0) is 37.1 Å². The predicted molar refractivity (Wildman–Crippen MR) is 106 cm³/mol. The number of aromatic nitrogens is 2. The molecule has 1 N–H and O–H groups in total. The molecule has 0 saturated carbocycles. The molecule has 3 rings (SSSR count). The van der Waals surface area contributed by atoms with Gasteiger partial charge in [0.05, 0.1) is 19.3 Å². The fraction of sp³-hybridized carbons (Fsp3) is 0.526. The molecule has 31 heavy (non-hydrogen) atoms. The minimum atomic E-state index is -3.23. The normalized spacial score (nSPS) is 19.1.